The molecule has 0 radical (unpaired) electrons. The largest absolute Gasteiger partial charge is 0.493 e. The van der Waals surface area contributed by atoms with Crippen molar-refractivity contribution >= 4 is 21.8 Å². The van der Waals surface area contributed by atoms with E-state index in [0.29, 0.717) is 22.5 Å². The number of halogens is 1. The summed E-state index contributed by atoms with van der Waals surface area (Å²) in [7, 11) is 1.50. The molecule has 0 heterocycles. The van der Waals surface area contributed by atoms with E-state index in [1.807, 2.05) is 6.07 Å². The van der Waals surface area contributed by atoms with Crippen LogP contribution in [-0.2, 0) is 11.3 Å². The fourth-order valence-electron chi connectivity index (χ4n) is 1.36. The Labute approximate surface area is 119 Å². The van der Waals surface area contributed by atoms with E-state index in [4.69, 9.17) is 20.5 Å². The van der Waals surface area contributed by atoms with E-state index in [1.54, 1.807) is 12.1 Å². The van der Waals surface area contributed by atoms with Crippen molar-refractivity contribution in [2.24, 2.45) is 5.73 Å². The van der Waals surface area contributed by atoms with Gasteiger partial charge in [0, 0.05) is 6.54 Å². The van der Waals surface area contributed by atoms with Gasteiger partial charge in [0.25, 0.3) is 5.91 Å². The van der Waals surface area contributed by atoms with Gasteiger partial charge in [0.2, 0.25) is 0 Å². The Kier molecular flexibility index (Phi) is 6.12. The summed E-state index contributed by atoms with van der Waals surface area (Å²) in [4.78, 5) is 11.3. The molecular formula is C12H14BrN3O3. The highest BCUT2D eigenvalue weighted by Crippen LogP contribution is 2.36. The fraction of sp³-hybridized carbons (Fsp3) is 0.333. The van der Waals surface area contributed by atoms with Crippen LogP contribution in [0, 0.1) is 11.3 Å². The van der Waals surface area contributed by atoms with Crippen LogP contribution in [0.15, 0.2) is 16.6 Å². The number of hydrogen-bond acceptors (Lipinski definition) is 5. The number of ether oxygens (including phenoxy) is 2. The van der Waals surface area contributed by atoms with Gasteiger partial charge >= 0.3 is 0 Å². The Morgan fingerprint density at radius 3 is 2.89 bits per heavy atom. The van der Waals surface area contributed by atoms with Crippen molar-refractivity contribution in [2.45, 2.75) is 6.54 Å². The van der Waals surface area contributed by atoms with Crippen molar-refractivity contribution in [1.29, 1.82) is 5.26 Å². The van der Waals surface area contributed by atoms with Crippen LogP contribution in [0.3, 0.4) is 0 Å². The van der Waals surface area contributed by atoms with E-state index >= 15 is 0 Å². The second-order valence-electron chi connectivity index (χ2n) is 3.54. The van der Waals surface area contributed by atoms with E-state index in [1.165, 1.54) is 7.11 Å². The number of benzene rings is 1. The molecule has 0 aliphatic heterocycles. The minimum Gasteiger partial charge on any atom is -0.493 e. The van der Waals surface area contributed by atoms with Gasteiger partial charge in [-0.05, 0) is 33.6 Å². The van der Waals surface area contributed by atoms with Crippen molar-refractivity contribution in [3.8, 4) is 17.6 Å². The van der Waals surface area contributed by atoms with Crippen LogP contribution < -0.4 is 20.5 Å². The highest BCUT2D eigenvalue weighted by Gasteiger charge is 2.12. The summed E-state index contributed by atoms with van der Waals surface area (Å²) in [5, 5.41) is 10.7. The first-order valence-electron chi connectivity index (χ1n) is 5.45. The van der Waals surface area contributed by atoms with Gasteiger partial charge in [-0.25, -0.2) is 0 Å². The van der Waals surface area contributed by atoms with Crippen LogP contribution in [0.2, 0.25) is 0 Å². The van der Waals surface area contributed by atoms with Crippen molar-refractivity contribution in [3.05, 3.63) is 22.2 Å². The van der Waals surface area contributed by atoms with Crippen LogP contribution in [-0.4, -0.2) is 26.2 Å². The molecule has 0 saturated heterocycles. The van der Waals surface area contributed by atoms with Crippen LogP contribution in [0.4, 0.5) is 0 Å². The zero-order valence-corrected chi connectivity index (χ0v) is 12.0. The topological polar surface area (TPSA) is 97.4 Å². The van der Waals surface area contributed by atoms with Crippen molar-refractivity contribution in [2.75, 3.05) is 20.3 Å². The predicted molar refractivity (Wildman–Crippen MR) is 72.7 cm³/mol. The molecule has 1 rings (SSSR count). The second kappa shape index (κ2) is 7.61. The summed E-state index contributed by atoms with van der Waals surface area (Å²) < 4.78 is 11.2. The summed E-state index contributed by atoms with van der Waals surface area (Å²) in [6.45, 7) is 0.128. The lowest BCUT2D eigenvalue weighted by molar-refractivity contribution is -0.122. The summed E-state index contributed by atoms with van der Waals surface area (Å²) in [5.74, 6) is 0.535. The third-order valence-corrected chi connectivity index (χ3v) is 2.83. The number of amides is 1. The van der Waals surface area contributed by atoms with Gasteiger partial charge in [0.15, 0.2) is 18.1 Å². The number of hydrogen-bond donors (Lipinski definition) is 2. The maximum Gasteiger partial charge on any atom is 0.258 e. The molecule has 0 unspecified atom stereocenters. The third kappa shape index (κ3) is 4.43. The van der Waals surface area contributed by atoms with E-state index in [0.717, 1.165) is 5.56 Å². The first-order valence-corrected chi connectivity index (χ1v) is 6.24. The van der Waals surface area contributed by atoms with Gasteiger partial charge < -0.3 is 20.5 Å². The fourth-order valence-corrected chi connectivity index (χ4v) is 1.96. The van der Waals surface area contributed by atoms with Crippen molar-refractivity contribution in [1.82, 2.24) is 5.32 Å². The van der Waals surface area contributed by atoms with Gasteiger partial charge in [-0.1, -0.05) is 0 Å². The smallest absolute Gasteiger partial charge is 0.258 e. The second-order valence-corrected chi connectivity index (χ2v) is 4.39. The first-order chi connectivity index (χ1) is 9.12. The molecule has 0 aromatic heterocycles. The minimum absolute atomic E-state index is 0.0490. The highest BCUT2D eigenvalue weighted by atomic mass is 79.9. The van der Waals surface area contributed by atoms with E-state index < -0.39 is 0 Å². The van der Waals surface area contributed by atoms with Crippen LogP contribution >= 0.6 is 15.9 Å². The van der Waals surface area contributed by atoms with E-state index in [2.05, 4.69) is 21.2 Å². The Bertz CT molecular complexity index is 500. The molecule has 1 aromatic rings. The lowest BCUT2D eigenvalue weighted by Gasteiger charge is -2.13. The number of nitrogens with one attached hydrogen (secondary N) is 1. The molecule has 0 fully saturated rings. The molecule has 3 N–H and O–H groups in total. The maximum absolute atomic E-state index is 11.3. The average molecular weight is 328 g/mol. The number of methoxy groups -OCH3 is 1. The zero-order valence-electron chi connectivity index (χ0n) is 10.4. The Morgan fingerprint density at radius 1 is 1.58 bits per heavy atom. The number of nitriles is 1. The van der Waals surface area contributed by atoms with Gasteiger partial charge in [-0.2, -0.15) is 5.26 Å². The Morgan fingerprint density at radius 2 is 2.32 bits per heavy atom. The normalized spacial score (nSPS) is 9.58. The molecule has 19 heavy (non-hydrogen) atoms. The quantitative estimate of drug-likeness (QED) is 0.757. The van der Waals surface area contributed by atoms with Crippen molar-refractivity contribution in [3.63, 3.8) is 0 Å². The molecule has 0 atom stereocenters. The number of carbonyl (C=O) groups excluding carboxylic acids is 1. The SMILES string of the molecule is COc1cc(CN)cc(Br)c1OCC(=O)NCC#N. The van der Waals surface area contributed by atoms with Crippen LogP contribution in [0.1, 0.15) is 5.56 Å². The number of carbonyl (C=O) groups is 1. The standard InChI is InChI=1S/C12H14BrN3O3/c1-18-10-5-8(6-15)4-9(13)12(10)19-7-11(17)16-3-2-14/h4-5H,3,6-7,15H2,1H3,(H,16,17). The summed E-state index contributed by atoms with van der Waals surface area (Å²) in [6.07, 6.45) is 0. The molecule has 0 aliphatic carbocycles. The van der Waals surface area contributed by atoms with Gasteiger partial charge in [-0.3, -0.25) is 4.79 Å². The highest BCUT2D eigenvalue weighted by molar-refractivity contribution is 9.10. The average Bonchev–Trinajstić information content (AvgIpc) is 2.42. The predicted octanol–water partition coefficient (Wildman–Crippen LogP) is 0.935. The maximum atomic E-state index is 11.3. The van der Waals surface area contributed by atoms with E-state index in [-0.39, 0.29) is 19.1 Å². The molecule has 7 heteroatoms. The Hall–Kier alpha value is -1.78. The van der Waals surface area contributed by atoms with Crippen LogP contribution in [0.5, 0.6) is 11.5 Å². The van der Waals surface area contributed by atoms with Crippen LogP contribution in [0.25, 0.3) is 0 Å². The monoisotopic (exact) mass is 327 g/mol. The van der Waals surface area contributed by atoms with Crippen molar-refractivity contribution < 1.29 is 14.3 Å². The molecule has 0 bridgehead atoms. The molecule has 1 aromatic carbocycles. The van der Waals surface area contributed by atoms with Gasteiger partial charge in [0.05, 0.1) is 17.7 Å². The summed E-state index contributed by atoms with van der Waals surface area (Å²) in [5.41, 5.74) is 6.44. The minimum atomic E-state index is -0.376. The summed E-state index contributed by atoms with van der Waals surface area (Å²) >= 11 is 3.34. The molecule has 0 spiro atoms. The molecular weight excluding hydrogens is 314 g/mol. The molecule has 102 valence electrons. The lowest BCUT2D eigenvalue weighted by Crippen LogP contribution is -2.29. The molecule has 0 saturated carbocycles. The number of nitrogens with two attached hydrogens (primary N) is 1. The van der Waals surface area contributed by atoms with E-state index in [9.17, 15) is 4.79 Å². The molecule has 1 amide bonds. The molecule has 6 nitrogen and oxygen atoms in total. The number of nitrogens with zero attached hydrogens (tertiary/aromatic N) is 1. The third-order valence-electron chi connectivity index (χ3n) is 2.24. The number of rotatable bonds is 6. The molecule has 0 aliphatic rings. The lowest BCUT2D eigenvalue weighted by atomic mass is 10.2. The zero-order chi connectivity index (χ0) is 14.3. The first kappa shape index (κ1) is 15.3. The summed E-state index contributed by atoms with van der Waals surface area (Å²) in [6, 6.07) is 5.35. The Balaban J connectivity index is 2.78. The van der Waals surface area contributed by atoms with Gasteiger partial charge in [-0.15, -0.1) is 0 Å². The van der Waals surface area contributed by atoms with Gasteiger partial charge in [0.1, 0.15) is 6.54 Å².